The van der Waals surface area contributed by atoms with Crippen LogP contribution in [-0.4, -0.2) is 68.4 Å². The van der Waals surface area contributed by atoms with E-state index in [-0.39, 0.29) is 57.2 Å². The second-order valence-corrected chi connectivity index (χ2v) is 16.3. The zero-order valence-corrected chi connectivity index (χ0v) is 38.2. The first-order valence-corrected chi connectivity index (χ1v) is 22.1. The molecule has 0 saturated carbocycles. The molecule has 0 amide bonds. The molecule has 0 bridgehead atoms. The van der Waals surface area contributed by atoms with Crippen LogP contribution in [0.15, 0.2) is 72.8 Å². The maximum Gasteiger partial charge on any atom is 0.995 e. The number of hydrogen-bond donors (Lipinski definition) is 0. The van der Waals surface area contributed by atoms with Crippen LogP contribution < -0.4 is 28.4 Å². The number of fused-ring (bicyclic) bond motifs is 3. The summed E-state index contributed by atoms with van der Waals surface area (Å²) >= 11 is 0. The number of hydrogen-bond acceptors (Lipinski definition) is 8. The molecule has 10 nitrogen and oxygen atoms in total. The molecule has 4 aromatic rings. The first kappa shape index (κ1) is 46.9. The fourth-order valence-corrected chi connectivity index (χ4v) is 9.24. The largest absolute Gasteiger partial charge is 0.995 e. The van der Waals surface area contributed by atoms with Crippen LogP contribution in [0.4, 0.5) is 17.3 Å². The summed E-state index contributed by atoms with van der Waals surface area (Å²) in [6.07, 6.45) is 12.3. The van der Waals surface area contributed by atoms with E-state index in [1.165, 1.54) is 79.1 Å². The molecule has 0 N–H and O–H groups in total. The van der Waals surface area contributed by atoms with E-state index in [4.69, 9.17) is 46.4 Å². The molecule has 0 radical (unpaired) electrons. The summed E-state index contributed by atoms with van der Waals surface area (Å²) in [5.74, 6) is 1.24. The van der Waals surface area contributed by atoms with Gasteiger partial charge in [0.25, 0.3) is 11.6 Å². The minimum atomic E-state index is -4.80. The molecule has 346 valence electrons. The molecule has 0 unspecified atom stereocenters. The first-order valence-electron chi connectivity index (χ1n) is 22.1. The standard InChI is InChI=1S/C49H56B2F4O10/c1-9-11-13-15-21-49(22-16-14-12-10-2)37-23-31(39-29-41(64-50(52,53)62-39)33-25-43(56-3)47(60-7)44(26-33)57-4)17-19-35(37)36-20-18-32(24-38(36)49)40-30-42(65-51(54,55)63-40)34-27-45(58-5)48(61-8)46(28-34)59-6/h17-20,23-30H,9-16,21-22H2,1-8H3. The van der Waals surface area contributed by atoms with Crippen LogP contribution in [-0.2, 0) is 14.7 Å². The van der Waals surface area contributed by atoms with Crippen molar-refractivity contribution in [1.82, 2.24) is 0 Å². The first-order chi connectivity index (χ1) is 31.3. The predicted molar refractivity (Wildman–Crippen MR) is 245 cm³/mol. The number of unbranched alkanes of at least 4 members (excludes halogenated alkanes) is 6. The maximum atomic E-state index is 15.6. The summed E-state index contributed by atoms with van der Waals surface area (Å²) < 4.78 is 116. The van der Waals surface area contributed by atoms with Crippen molar-refractivity contribution < 1.29 is 63.7 Å². The molecule has 1 aliphatic carbocycles. The van der Waals surface area contributed by atoms with Gasteiger partial charge in [0, 0.05) is 28.7 Å². The van der Waals surface area contributed by atoms with Crippen LogP contribution in [0.25, 0.3) is 22.6 Å². The summed E-state index contributed by atoms with van der Waals surface area (Å²) in [4.78, 5) is 0. The van der Waals surface area contributed by atoms with Gasteiger partial charge in [-0.15, -0.1) is 0 Å². The Bertz CT molecular complexity index is 2470. The molecule has 4 aromatic carbocycles. The fraction of sp³-hybridized carbons (Fsp3) is 0.388. The van der Waals surface area contributed by atoms with Gasteiger partial charge in [-0.05, 0) is 65.4 Å². The Labute approximate surface area is 378 Å². The van der Waals surface area contributed by atoms with E-state index >= 15 is 17.3 Å². The van der Waals surface area contributed by atoms with Crippen molar-refractivity contribution in [2.24, 2.45) is 0 Å². The Balaban J connectivity index is 1.36. The number of halogens is 4. The van der Waals surface area contributed by atoms with Crippen LogP contribution in [0, 0.1) is 0 Å². The number of ketones is 2. The Morgan fingerprint density at radius 1 is 0.477 bits per heavy atom. The second kappa shape index (κ2) is 19.6. The van der Waals surface area contributed by atoms with Crippen LogP contribution in [0.2, 0.25) is 0 Å². The number of allylic oxidation sites excluding steroid dienone is 2. The highest BCUT2D eigenvalue weighted by atomic mass is 19.3. The summed E-state index contributed by atoms with van der Waals surface area (Å²) in [6.45, 7) is 4.31. The SMILES string of the molecule is CCCCCCC1(CCCCCC)c2cc(C3=CC(c4cc(OC)c(OC)c(OC)c4)=[O+][B-](F)(F)O3)ccc2-c2ccc(C3=[O+][B-](F)(F)OC(c4cc(OC)c(OC)c(OC)c4)=C3)cc21. The molecular weight excluding hydrogens is 846 g/mol. The van der Waals surface area contributed by atoms with E-state index in [9.17, 15) is 0 Å². The van der Waals surface area contributed by atoms with Gasteiger partial charge in [-0.25, -0.2) is 0 Å². The van der Waals surface area contributed by atoms with E-state index in [0.717, 1.165) is 86.5 Å². The third-order valence-corrected chi connectivity index (χ3v) is 12.3. The normalized spacial score (nSPS) is 16.4. The topological polar surface area (TPSA) is 96.4 Å². The number of rotatable bonds is 20. The van der Waals surface area contributed by atoms with Crippen LogP contribution >= 0.6 is 0 Å². The fourth-order valence-electron chi connectivity index (χ4n) is 9.24. The molecule has 0 saturated heterocycles. The third-order valence-electron chi connectivity index (χ3n) is 12.3. The number of ether oxygens (including phenoxy) is 6. The summed E-state index contributed by atoms with van der Waals surface area (Å²) in [5.41, 5.74) is 4.57. The summed E-state index contributed by atoms with van der Waals surface area (Å²) in [6, 6.07) is 17.5. The smallest absolute Gasteiger partial charge is 0.569 e. The second-order valence-electron chi connectivity index (χ2n) is 16.3. The number of benzene rings is 4. The molecule has 2 aliphatic heterocycles. The van der Waals surface area contributed by atoms with E-state index in [1.807, 2.05) is 24.3 Å². The lowest BCUT2D eigenvalue weighted by Crippen LogP contribution is -2.31. The average molecular weight is 903 g/mol. The van der Waals surface area contributed by atoms with Crippen LogP contribution in [0.1, 0.15) is 120 Å². The van der Waals surface area contributed by atoms with Crippen LogP contribution in [0.3, 0.4) is 0 Å². The Morgan fingerprint density at radius 3 is 1.31 bits per heavy atom. The van der Waals surface area contributed by atoms with Gasteiger partial charge in [-0.3, -0.25) is 0 Å². The van der Waals surface area contributed by atoms with Crippen molar-refractivity contribution in [3.63, 3.8) is 0 Å². The van der Waals surface area contributed by atoms with E-state index in [0.29, 0.717) is 22.6 Å². The molecule has 0 spiro atoms. The summed E-state index contributed by atoms with van der Waals surface area (Å²) in [5, 5.41) is 0. The maximum absolute atomic E-state index is 15.6. The highest BCUT2D eigenvalue weighted by Gasteiger charge is 2.55. The molecule has 3 aliphatic rings. The van der Waals surface area contributed by atoms with Gasteiger partial charge in [0.2, 0.25) is 11.5 Å². The minimum Gasteiger partial charge on any atom is -0.569 e. The third kappa shape index (κ3) is 9.53. The monoisotopic (exact) mass is 902 g/mol. The predicted octanol–water partition coefficient (Wildman–Crippen LogP) is 12.3. The highest BCUT2D eigenvalue weighted by molar-refractivity contribution is 6.53. The lowest BCUT2D eigenvalue weighted by molar-refractivity contribution is -0.184. The molecule has 2 heterocycles. The minimum absolute atomic E-state index is 0.0737. The van der Waals surface area contributed by atoms with Crippen molar-refractivity contribution in [3.8, 4) is 45.6 Å². The van der Waals surface area contributed by atoms with Gasteiger partial charge in [0.1, 0.15) is 0 Å². The molecule has 0 aromatic heterocycles. The van der Waals surface area contributed by atoms with Gasteiger partial charge in [0.05, 0.1) is 77.5 Å². The molecule has 16 heteroatoms. The molecule has 0 fully saturated rings. The van der Waals surface area contributed by atoms with Crippen molar-refractivity contribution in [1.29, 1.82) is 0 Å². The Morgan fingerprint density at radius 2 is 0.877 bits per heavy atom. The lowest BCUT2D eigenvalue weighted by atomic mass is 9.70. The van der Waals surface area contributed by atoms with Crippen molar-refractivity contribution in [2.45, 2.75) is 83.5 Å². The summed E-state index contributed by atoms with van der Waals surface area (Å²) in [7, 11) is -0.934. The van der Waals surface area contributed by atoms with Crippen LogP contribution in [0.5, 0.6) is 34.5 Å². The quantitative estimate of drug-likeness (QED) is 0.0374. The lowest BCUT2D eigenvalue weighted by Gasteiger charge is -2.33. The van der Waals surface area contributed by atoms with E-state index in [1.54, 1.807) is 12.1 Å². The van der Waals surface area contributed by atoms with Crippen molar-refractivity contribution >= 4 is 37.3 Å². The molecule has 0 atom stereocenters. The van der Waals surface area contributed by atoms with Gasteiger partial charge in [-0.2, -0.15) is 0 Å². The molecule has 65 heavy (non-hydrogen) atoms. The average Bonchev–Trinajstić information content (AvgIpc) is 3.57. The Hall–Kier alpha value is -6.05. The number of methoxy groups -OCH3 is 6. The van der Waals surface area contributed by atoms with Gasteiger partial charge in [-0.1, -0.05) is 83.4 Å². The zero-order chi connectivity index (χ0) is 46.5. The van der Waals surface area contributed by atoms with Crippen molar-refractivity contribution in [2.75, 3.05) is 42.7 Å². The molecule has 7 rings (SSSR count). The number of carbonyl (C=O) groups excluding carboxylic acids is 2. The van der Waals surface area contributed by atoms with Crippen molar-refractivity contribution in [3.05, 3.63) is 106 Å². The zero-order valence-electron chi connectivity index (χ0n) is 38.2. The van der Waals surface area contributed by atoms with Gasteiger partial charge < -0.3 is 63.7 Å². The van der Waals surface area contributed by atoms with E-state index in [2.05, 4.69) is 13.8 Å². The molecular formula is C49H56B2F4O10. The Kier molecular flexibility index (Phi) is 14.1. The van der Waals surface area contributed by atoms with Gasteiger partial charge >= 0.3 is 14.2 Å². The van der Waals surface area contributed by atoms with E-state index < -0.39 is 19.6 Å². The highest BCUT2D eigenvalue weighted by Crippen LogP contribution is 2.55. The van der Waals surface area contributed by atoms with Gasteiger partial charge in [0.15, 0.2) is 23.0 Å².